The molecular weight excluding hydrogens is 840 g/mol. The Labute approximate surface area is 361 Å². The molecule has 3 heterocycles. The van der Waals surface area contributed by atoms with Crippen molar-refractivity contribution in [2.75, 3.05) is 54.4 Å². The largest absolute Gasteiger partial charge is 0.456 e. The number of nitrogens with zero attached hydrogens (tertiary/aromatic N) is 3. The zero-order chi connectivity index (χ0) is 43.1. The molecule has 0 saturated carbocycles. The summed E-state index contributed by atoms with van der Waals surface area (Å²) >= 11 is 6.24. The van der Waals surface area contributed by atoms with E-state index in [0.29, 0.717) is 25.3 Å². The first kappa shape index (κ1) is 42.6. The predicted octanol–water partition coefficient (Wildman–Crippen LogP) is 9.36. The van der Waals surface area contributed by atoms with Crippen LogP contribution in [0, 0.1) is 15.5 Å². The van der Waals surface area contributed by atoms with Crippen LogP contribution in [0.25, 0.3) is 16.5 Å². The molecule has 5 N–H and O–H groups in total. The average Bonchev–Trinajstić information content (AvgIpc) is 3.85. The van der Waals surface area contributed by atoms with Crippen molar-refractivity contribution in [3.63, 3.8) is 0 Å². The second-order valence-corrected chi connectivity index (χ2v) is 21.3. The molecule has 322 valence electrons. The molecule has 61 heavy (non-hydrogen) atoms. The molecular formula is C44H49ClN6O8S2. The number of hydrogen-bond acceptors (Lipinski definition) is 11. The van der Waals surface area contributed by atoms with Gasteiger partial charge in [0.1, 0.15) is 17.2 Å². The molecule has 2 saturated heterocycles. The van der Waals surface area contributed by atoms with Crippen molar-refractivity contribution in [1.82, 2.24) is 14.6 Å². The van der Waals surface area contributed by atoms with Crippen LogP contribution >= 0.6 is 22.2 Å². The Morgan fingerprint density at radius 1 is 1.02 bits per heavy atom. The van der Waals surface area contributed by atoms with Gasteiger partial charge in [0.15, 0.2) is 0 Å². The van der Waals surface area contributed by atoms with Crippen LogP contribution in [-0.2, 0) is 10.0 Å². The monoisotopic (exact) mass is 888 g/mol. The van der Waals surface area contributed by atoms with Gasteiger partial charge in [-0.25, -0.2) is 13.1 Å². The second-order valence-electron chi connectivity index (χ2n) is 16.8. The number of rotatable bonds is 12. The van der Waals surface area contributed by atoms with Crippen molar-refractivity contribution in [2.24, 2.45) is 5.41 Å². The number of nitrogens with one attached hydrogen (secondary N) is 3. The third kappa shape index (κ3) is 9.69. The van der Waals surface area contributed by atoms with Gasteiger partial charge in [-0.3, -0.25) is 28.9 Å². The van der Waals surface area contributed by atoms with E-state index in [9.17, 15) is 32.4 Å². The normalized spacial score (nSPS) is 19.8. The number of piperazine rings is 1. The van der Waals surface area contributed by atoms with Crippen LogP contribution in [0.4, 0.5) is 17.1 Å². The smallest absolute Gasteiger partial charge is 0.293 e. The van der Waals surface area contributed by atoms with Gasteiger partial charge in [0.25, 0.3) is 21.6 Å². The maximum Gasteiger partial charge on any atom is 0.293 e. The minimum absolute atomic E-state index is 0.0289. The van der Waals surface area contributed by atoms with Gasteiger partial charge in [-0.2, -0.15) is 10.6 Å². The first-order valence-electron chi connectivity index (χ1n) is 20.2. The highest BCUT2D eigenvalue weighted by molar-refractivity contribution is 8.24. The fourth-order valence-corrected chi connectivity index (χ4v) is 11.3. The summed E-state index contributed by atoms with van der Waals surface area (Å²) in [7, 11) is -7.39. The number of amides is 1. The predicted molar refractivity (Wildman–Crippen MR) is 242 cm³/mol. The third-order valence-electron chi connectivity index (χ3n) is 11.8. The number of ether oxygens (including phenoxy) is 1. The lowest BCUT2D eigenvalue weighted by Crippen LogP contribution is -2.47. The van der Waals surface area contributed by atoms with Gasteiger partial charge >= 0.3 is 0 Å². The number of hydrogen-bond donors (Lipinski definition) is 5. The number of allylic oxidation sites excluding steroid dienone is 1. The zero-order valence-corrected chi connectivity index (χ0v) is 36.3. The molecule has 4 aromatic carbocycles. The van der Waals surface area contributed by atoms with Crippen molar-refractivity contribution < 1.29 is 32.0 Å². The molecule has 14 nitrogen and oxygen atoms in total. The van der Waals surface area contributed by atoms with Crippen molar-refractivity contribution in [3.8, 4) is 11.5 Å². The molecule has 1 aliphatic carbocycles. The van der Waals surface area contributed by atoms with Crippen molar-refractivity contribution in [3.05, 3.63) is 123 Å². The number of aromatic amines is 1. The van der Waals surface area contributed by atoms with Gasteiger partial charge in [0, 0.05) is 84.5 Å². The molecule has 1 unspecified atom stereocenters. The molecule has 2 aliphatic heterocycles. The van der Waals surface area contributed by atoms with Crippen LogP contribution in [0.2, 0.25) is 5.02 Å². The summed E-state index contributed by atoms with van der Waals surface area (Å²) in [5.74, 6) is -0.181. The summed E-state index contributed by atoms with van der Waals surface area (Å²) in [5.41, 5.74) is 5.37. The molecule has 2 fully saturated rings. The van der Waals surface area contributed by atoms with Crippen LogP contribution in [-0.4, -0.2) is 88.5 Å². The molecule has 8 rings (SSSR count). The standard InChI is InChI=1S/C44H49ClN6O8S2/c1-44(2)17-14-30(37(26-44)29-6-8-31(45)9-7-29)27-49-19-21-50(22-20-49)33-10-12-36(42(24-33)59-41-5-3-4-38-35(41)15-18-46-38)43(52)48-61(57,58)34-11-13-39(40(25-34)51(53)54)47-32-16-23-60(55,56)28-32/h3-13,15,18,24-25,32,46-47,55-56H,14,16-17,19-23,26-28H2,1-2H3,(H,48,52). The number of H-pyrrole nitrogens is 1. The van der Waals surface area contributed by atoms with E-state index in [1.165, 1.54) is 28.8 Å². The molecule has 0 bridgehead atoms. The number of nitro benzene ring substituents is 1. The van der Waals surface area contributed by atoms with Crippen LogP contribution in [0.15, 0.2) is 102 Å². The lowest BCUT2D eigenvalue weighted by Gasteiger charge is -2.39. The highest BCUT2D eigenvalue weighted by atomic mass is 35.5. The van der Waals surface area contributed by atoms with Crippen molar-refractivity contribution in [1.29, 1.82) is 0 Å². The molecule has 3 aliphatic rings. The van der Waals surface area contributed by atoms with E-state index in [-0.39, 0.29) is 33.9 Å². The molecule has 5 aromatic rings. The highest BCUT2D eigenvalue weighted by Crippen LogP contribution is 2.47. The van der Waals surface area contributed by atoms with E-state index < -0.39 is 48.1 Å². The van der Waals surface area contributed by atoms with Crippen LogP contribution < -0.4 is 19.7 Å². The number of aromatic nitrogens is 1. The fraction of sp³-hybridized carbons (Fsp3) is 0.341. The number of carbonyl (C=O) groups is 1. The van der Waals surface area contributed by atoms with Crippen molar-refractivity contribution in [2.45, 2.75) is 50.5 Å². The first-order valence-corrected chi connectivity index (χ1v) is 24.0. The van der Waals surface area contributed by atoms with E-state index in [0.717, 1.165) is 72.6 Å². The summed E-state index contributed by atoms with van der Waals surface area (Å²) in [6.07, 6.45) is 5.34. The minimum atomic E-state index is -4.61. The summed E-state index contributed by atoms with van der Waals surface area (Å²) in [5, 5.41) is 16.5. The number of fused-ring (bicyclic) bond motifs is 1. The Hall–Kier alpha value is -5.10. The van der Waals surface area contributed by atoms with E-state index in [2.05, 4.69) is 50.8 Å². The number of sulfonamides is 1. The Balaban J connectivity index is 1.02. The Morgan fingerprint density at radius 2 is 1.79 bits per heavy atom. The molecule has 0 spiro atoms. The van der Waals surface area contributed by atoms with E-state index in [1.54, 1.807) is 24.4 Å². The topological polar surface area (TPSA) is 190 Å². The van der Waals surface area contributed by atoms with Crippen LogP contribution in [0.5, 0.6) is 11.5 Å². The zero-order valence-electron chi connectivity index (χ0n) is 33.9. The van der Waals surface area contributed by atoms with Gasteiger partial charge < -0.3 is 19.9 Å². The van der Waals surface area contributed by atoms with Crippen molar-refractivity contribution >= 4 is 71.7 Å². The first-order chi connectivity index (χ1) is 29.0. The minimum Gasteiger partial charge on any atom is -0.456 e. The van der Waals surface area contributed by atoms with E-state index in [4.69, 9.17) is 16.3 Å². The summed E-state index contributed by atoms with van der Waals surface area (Å²) in [6, 6.07) is 23.4. The Kier molecular flexibility index (Phi) is 11.9. The van der Waals surface area contributed by atoms with E-state index >= 15 is 0 Å². The quantitative estimate of drug-likeness (QED) is 0.0593. The van der Waals surface area contributed by atoms with Crippen LogP contribution in [0.3, 0.4) is 0 Å². The number of carbonyl (C=O) groups excluding carboxylic acids is 1. The number of halogens is 1. The second kappa shape index (κ2) is 17.0. The summed E-state index contributed by atoms with van der Waals surface area (Å²) < 4.78 is 55.9. The number of nitro groups is 1. The number of anilines is 2. The van der Waals surface area contributed by atoms with Gasteiger partial charge in [0.05, 0.1) is 21.1 Å². The summed E-state index contributed by atoms with van der Waals surface area (Å²) in [6.45, 7) is 8.59. The SMILES string of the molecule is CC1(C)CCC(CN2CCN(c3ccc(C(=O)NS(=O)(=O)c4ccc(NC5CCS(O)(O)C5)c([N+](=O)[O-])c4)c(Oc4cccc5[nH]ccc45)c3)CC2)=C(c2ccc(Cl)cc2)C1. The van der Waals surface area contributed by atoms with Gasteiger partial charge in [-0.05, 0) is 96.8 Å². The molecule has 17 heteroatoms. The van der Waals surface area contributed by atoms with E-state index in [1.807, 2.05) is 30.3 Å². The maximum atomic E-state index is 13.9. The fourth-order valence-electron chi connectivity index (χ4n) is 8.48. The maximum absolute atomic E-state index is 13.9. The summed E-state index contributed by atoms with van der Waals surface area (Å²) in [4.78, 5) is 32.6. The van der Waals surface area contributed by atoms with Gasteiger partial charge in [-0.15, -0.1) is 0 Å². The average molecular weight is 889 g/mol. The Bertz CT molecular complexity index is 2620. The molecule has 1 aromatic heterocycles. The molecule has 0 radical (unpaired) electrons. The third-order valence-corrected chi connectivity index (χ3v) is 15.2. The lowest BCUT2D eigenvalue weighted by molar-refractivity contribution is -0.384. The lowest BCUT2D eigenvalue weighted by atomic mass is 9.72. The highest BCUT2D eigenvalue weighted by Gasteiger charge is 2.32. The molecule has 1 amide bonds. The molecule has 1 atom stereocenters. The van der Waals surface area contributed by atoms with Gasteiger partial charge in [-0.1, -0.05) is 49.2 Å². The Morgan fingerprint density at radius 3 is 2.51 bits per heavy atom. The van der Waals surface area contributed by atoms with Crippen LogP contribution in [0.1, 0.15) is 55.5 Å². The number of benzene rings is 4. The van der Waals surface area contributed by atoms with Gasteiger partial charge in [0.2, 0.25) is 0 Å².